The third-order valence-corrected chi connectivity index (χ3v) is 4.83. The zero-order chi connectivity index (χ0) is 16.4. The lowest BCUT2D eigenvalue weighted by Crippen LogP contribution is -2.40. The molecule has 0 fully saturated rings. The van der Waals surface area contributed by atoms with Crippen LogP contribution in [-0.2, 0) is 5.60 Å². The number of benzene rings is 2. The topological polar surface area (TPSA) is 61.8 Å². The Labute approximate surface area is 138 Å². The molecule has 4 nitrogen and oxygen atoms in total. The molecule has 0 saturated heterocycles. The van der Waals surface area contributed by atoms with E-state index in [0.29, 0.717) is 27.4 Å². The maximum absolute atomic E-state index is 14.6. The molecule has 0 saturated carbocycles. The van der Waals surface area contributed by atoms with E-state index in [-0.39, 0.29) is 12.4 Å². The highest BCUT2D eigenvalue weighted by Crippen LogP contribution is 2.48. The van der Waals surface area contributed by atoms with Crippen LogP contribution in [0.3, 0.4) is 0 Å². The van der Waals surface area contributed by atoms with Gasteiger partial charge in [0, 0.05) is 34.4 Å². The first kappa shape index (κ1) is 14.5. The van der Waals surface area contributed by atoms with E-state index in [1.807, 2.05) is 18.0 Å². The number of nitrogens with two attached hydrogens (primary N) is 1. The monoisotopic (exact) mass is 331 g/mol. The molecule has 0 radical (unpaired) electrons. The summed E-state index contributed by atoms with van der Waals surface area (Å²) in [4.78, 5) is 6.07. The molecule has 23 heavy (non-hydrogen) atoms. The molecule has 2 aromatic carbocycles. The molecule has 0 aromatic heterocycles. The quantitative estimate of drug-likeness (QED) is 0.844. The summed E-state index contributed by atoms with van der Waals surface area (Å²) in [6, 6.07) is 10.3. The Bertz CT molecular complexity index is 854. The average Bonchev–Trinajstić information content (AvgIpc) is 2.96. The molecule has 0 bridgehead atoms. The van der Waals surface area contributed by atoms with Gasteiger partial charge in [-0.1, -0.05) is 23.7 Å². The van der Waals surface area contributed by atoms with E-state index < -0.39 is 11.8 Å². The van der Waals surface area contributed by atoms with Crippen LogP contribution in [0, 0.1) is 0 Å². The lowest BCUT2D eigenvalue weighted by Gasteiger charge is -2.27. The van der Waals surface area contributed by atoms with E-state index in [4.69, 9.17) is 17.3 Å². The fourth-order valence-electron chi connectivity index (χ4n) is 3.49. The molecule has 2 atom stereocenters. The Morgan fingerprint density at radius 3 is 2.91 bits per heavy atom. The Kier molecular flexibility index (Phi) is 2.95. The first-order chi connectivity index (χ1) is 10.9. The number of nitrogens with zero attached hydrogens (tertiary/aromatic N) is 2. The van der Waals surface area contributed by atoms with Gasteiger partial charge >= 0.3 is 0 Å². The fraction of sp³-hybridized carbons (Fsp3) is 0.235. The van der Waals surface area contributed by atoms with Gasteiger partial charge in [0.25, 0.3) is 0 Å². The summed E-state index contributed by atoms with van der Waals surface area (Å²) in [6.45, 7) is 0.252. The van der Waals surface area contributed by atoms with Crippen LogP contribution in [0.5, 0.6) is 0 Å². The van der Waals surface area contributed by atoms with Gasteiger partial charge in [0.05, 0.1) is 12.2 Å². The summed E-state index contributed by atoms with van der Waals surface area (Å²) in [7, 11) is 1.82. The molecule has 2 aliphatic rings. The van der Waals surface area contributed by atoms with Crippen LogP contribution in [0.25, 0.3) is 0 Å². The molecule has 2 aliphatic heterocycles. The van der Waals surface area contributed by atoms with Crippen molar-refractivity contribution in [3.63, 3.8) is 0 Å². The number of hydrogen-bond donors (Lipinski definition) is 2. The molecular weight excluding hydrogens is 317 g/mol. The Morgan fingerprint density at radius 1 is 1.35 bits per heavy atom. The third-order valence-electron chi connectivity index (χ3n) is 4.59. The molecule has 0 aliphatic carbocycles. The number of hydrogen-bond acceptors (Lipinski definition) is 4. The van der Waals surface area contributed by atoms with Crippen LogP contribution in [0.2, 0.25) is 5.02 Å². The molecular formula is C17H15ClFN3O. The standard InChI is InChI=1S/C17H15ClFN3O/c1-22-8-12(19)15-10(3-2-4-14(15)22)17(23)11-7-9(18)5-6-13(11)21-16(17)20/h2-7,12,23H,8H2,1H3,(H2,20,21). The predicted octanol–water partition coefficient (Wildman–Crippen LogP) is 3.04. The smallest absolute Gasteiger partial charge is 0.175 e. The number of halogens is 2. The van der Waals surface area contributed by atoms with Crippen molar-refractivity contribution in [3.05, 3.63) is 58.1 Å². The average molecular weight is 332 g/mol. The largest absolute Gasteiger partial charge is 0.384 e. The van der Waals surface area contributed by atoms with Crippen LogP contribution in [0.1, 0.15) is 22.9 Å². The van der Waals surface area contributed by atoms with Crippen molar-refractivity contribution in [1.82, 2.24) is 0 Å². The SMILES string of the molecule is CN1CC(F)c2c1cccc2C1(O)C(N)=Nc2ccc(Cl)cc21. The molecule has 4 rings (SSSR count). The van der Waals surface area contributed by atoms with Gasteiger partial charge < -0.3 is 15.7 Å². The van der Waals surface area contributed by atoms with Crippen molar-refractivity contribution in [1.29, 1.82) is 0 Å². The maximum atomic E-state index is 14.6. The number of amidine groups is 1. The highest BCUT2D eigenvalue weighted by atomic mass is 35.5. The summed E-state index contributed by atoms with van der Waals surface area (Å²) in [5.41, 5.74) is 7.05. The summed E-state index contributed by atoms with van der Waals surface area (Å²) in [5, 5.41) is 11.8. The summed E-state index contributed by atoms with van der Waals surface area (Å²) in [5.74, 6) is 0.0323. The zero-order valence-electron chi connectivity index (χ0n) is 12.4. The van der Waals surface area contributed by atoms with E-state index in [9.17, 15) is 9.50 Å². The number of alkyl halides is 1. The van der Waals surface area contributed by atoms with Crippen LogP contribution in [0.4, 0.5) is 15.8 Å². The minimum Gasteiger partial charge on any atom is -0.384 e. The van der Waals surface area contributed by atoms with E-state index >= 15 is 0 Å². The molecule has 118 valence electrons. The Hall–Kier alpha value is -2.11. The van der Waals surface area contributed by atoms with E-state index in [1.165, 1.54) is 0 Å². The molecule has 2 aromatic rings. The number of aliphatic hydroxyl groups is 1. The Balaban J connectivity index is 2.00. The molecule has 2 heterocycles. The van der Waals surface area contributed by atoms with Crippen molar-refractivity contribution in [2.75, 3.05) is 18.5 Å². The number of rotatable bonds is 1. The number of anilines is 1. The molecule has 3 N–H and O–H groups in total. The highest BCUT2D eigenvalue weighted by molar-refractivity contribution is 6.30. The fourth-order valence-corrected chi connectivity index (χ4v) is 3.66. The van der Waals surface area contributed by atoms with Crippen molar-refractivity contribution in [3.8, 4) is 0 Å². The normalized spacial score (nSPS) is 25.3. The summed E-state index contributed by atoms with van der Waals surface area (Å²) < 4.78 is 14.6. The van der Waals surface area contributed by atoms with Gasteiger partial charge in [0.2, 0.25) is 0 Å². The second kappa shape index (κ2) is 4.69. The highest BCUT2D eigenvalue weighted by Gasteiger charge is 2.46. The van der Waals surface area contributed by atoms with E-state index in [2.05, 4.69) is 4.99 Å². The van der Waals surface area contributed by atoms with Crippen LogP contribution < -0.4 is 10.6 Å². The number of aliphatic imine (C=N–C) groups is 1. The van der Waals surface area contributed by atoms with Crippen LogP contribution in [-0.4, -0.2) is 24.5 Å². The van der Waals surface area contributed by atoms with Crippen LogP contribution in [0.15, 0.2) is 41.4 Å². The molecule has 0 spiro atoms. The summed E-state index contributed by atoms with van der Waals surface area (Å²) >= 11 is 6.07. The first-order valence-corrected chi connectivity index (χ1v) is 7.66. The second-order valence-electron chi connectivity index (χ2n) is 5.96. The first-order valence-electron chi connectivity index (χ1n) is 7.28. The van der Waals surface area contributed by atoms with E-state index in [1.54, 1.807) is 30.3 Å². The van der Waals surface area contributed by atoms with Gasteiger partial charge in [-0.05, 0) is 24.3 Å². The van der Waals surface area contributed by atoms with Gasteiger partial charge in [-0.3, -0.25) is 0 Å². The number of likely N-dealkylation sites (N-methyl/N-ethyl adjacent to an activating group) is 1. The minimum absolute atomic E-state index is 0.0323. The molecule has 0 amide bonds. The minimum atomic E-state index is -1.67. The summed E-state index contributed by atoms with van der Waals surface area (Å²) in [6.07, 6.45) is -1.19. The van der Waals surface area contributed by atoms with Crippen molar-refractivity contribution < 1.29 is 9.50 Å². The Morgan fingerprint density at radius 2 is 2.13 bits per heavy atom. The van der Waals surface area contributed by atoms with Crippen molar-refractivity contribution in [2.24, 2.45) is 10.7 Å². The second-order valence-corrected chi connectivity index (χ2v) is 6.39. The number of fused-ring (bicyclic) bond motifs is 2. The molecule has 6 heteroatoms. The van der Waals surface area contributed by atoms with Gasteiger partial charge in [-0.25, -0.2) is 9.38 Å². The van der Waals surface area contributed by atoms with Gasteiger partial charge in [0.1, 0.15) is 12.0 Å². The van der Waals surface area contributed by atoms with Crippen molar-refractivity contribution >= 4 is 28.8 Å². The van der Waals surface area contributed by atoms with Crippen molar-refractivity contribution in [2.45, 2.75) is 11.8 Å². The molecule has 2 unspecified atom stereocenters. The third kappa shape index (κ3) is 1.84. The van der Waals surface area contributed by atoms with Gasteiger partial charge in [0.15, 0.2) is 5.60 Å². The van der Waals surface area contributed by atoms with E-state index in [0.717, 1.165) is 5.69 Å². The zero-order valence-corrected chi connectivity index (χ0v) is 13.2. The maximum Gasteiger partial charge on any atom is 0.175 e. The van der Waals surface area contributed by atoms with Gasteiger partial charge in [-0.2, -0.15) is 0 Å². The predicted molar refractivity (Wildman–Crippen MR) is 89.3 cm³/mol. The lowest BCUT2D eigenvalue weighted by atomic mass is 9.82. The lowest BCUT2D eigenvalue weighted by molar-refractivity contribution is 0.155. The van der Waals surface area contributed by atoms with Crippen LogP contribution >= 0.6 is 11.6 Å². The van der Waals surface area contributed by atoms with Gasteiger partial charge in [-0.15, -0.1) is 0 Å².